The second kappa shape index (κ2) is 4.28. The Morgan fingerprint density at radius 1 is 1.57 bits per heavy atom. The number of hydrogen-bond donors (Lipinski definition) is 2. The van der Waals surface area contributed by atoms with Crippen molar-refractivity contribution in [1.29, 1.82) is 0 Å². The van der Waals surface area contributed by atoms with Crippen molar-refractivity contribution in [3.05, 3.63) is 0 Å². The number of aliphatic hydroxyl groups is 1. The molecule has 0 aromatic rings. The highest BCUT2D eigenvalue weighted by molar-refractivity contribution is 5.76. The first-order valence-corrected chi connectivity index (χ1v) is 4.40. The summed E-state index contributed by atoms with van der Waals surface area (Å²) in [5, 5.41) is 17.7. The second-order valence-electron chi connectivity index (χ2n) is 3.40. The van der Waals surface area contributed by atoms with Crippen LogP contribution in [0.4, 0.5) is 4.79 Å². The normalized spacial score (nSPS) is 18.9. The number of β-amino-alcohol motifs (C(OH)–C–C–N with tert-alkyl or cyclic N) is 1. The quantitative estimate of drug-likeness (QED) is 0.624. The molecule has 1 aliphatic heterocycles. The van der Waals surface area contributed by atoms with Crippen molar-refractivity contribution in [1.82, 2.24) is 9.80 Å². The van der Waals surface area contributed by atoms with Crippen LogP contribution in [0.1, 0.15) is 6.42 Å². The third kappa shape index (κ3) is 2.59. The van der Waals surface area contributed by atoms with Gasteiger partial charge in [0.2, 0.25) is 0 Å². The number of nitrogens with zero attached hydrogens (tertiary/aromatic N) is 2. The Morgan fingerprint density at radius 2 is 2.21 bits per heavy atom. The molecule has 1 heterocycles. The smallest absolute Gasteiger partial charge is 0.319 e. The van der Waals surface area contributed by atoms with Gasteiger partial charge in [0.05, 0.1) is 12.5 Å². The fourth-order valence-corrected chi connectivity index (χ4v) is 1.39. The summed E-state index contributed by atoms with van der Waals surface area (Å²) in [5.74, 6) is -1.06. The highest BCUT2D eigenvalue weighted by Gasteiger charge is 2.27. The maximum absolute atomic E-state index is 11.3. The Morgan fingerprint density at radius 3 is 2.64 bits per heavy atom. The van der Waals surface area contributed by atoms with Gasteiger partial charge in [0.1, 0.15) is 0 Å². The number of carbonyl (C=O) groups is 2. The van der Waals surface area contributed by atoms with E-state index in [2.05, 4.69) is 0 Å². The molecular weight excluding hydrogens is 188 g/mol. The van der Waals surface area contributed by atoms with E-state index >= 15 is 0 Å². The van der Waals surface area contributed by atoms with E-state index in [1.54, 1.807) is 7.05 Å². The van der Waals surface area contributed by atoms with Gasteiger partial charge in [0, 0.05) is 26.7 Å². The molecule has 0 aromatic heterocycles. The van der Waals surface area contributed by atoms with E-state index in [1.807, 2.05) is 0 Å². The van der Waals surface area contributed by atoms with Crippen LogP contribution in [0.5, 0.6) is 0 Å². The standard InChI is InChI=1S/C8H14N2O4/c1-9-2-3-10(8(9)14)5-6(11)4-7(12)13/h6,11H,2-5H2,1H3,(H,12,13). The summed E-state index contributed by atoms with van der Waals surface area (Å²) in [6.45, 7) is 1.26. The molecule has 0 aliphatic carbocycles. The summed E-state index contributed by atoms with van der Waals surface area (Å²) in [6.07, 6.45) is -1.31. The Bertz CT molecular complexity index is 243. The molecule has 0 saturated carbocycles. The van der Waals surface area contributed by atoms with Gasteiger partial charge in [-0.05, 0) is 0 Å². The molecule has 2 N–H and O–H groups in total. The molecule has 0 spiro atoms. The third-order valence-corrected chi connectivity index (χ3v) is 2.14. The van der Waals surface area contributed by atoms with Gasteiger partial charge in [-0.1, -0.05) is 0 Å². The summed E-state index contributed by atoms with van der Waals surface area (Å²) >= 11 is 0. The number of carbonyl (C=O) groups excluding carboxylic acids is 1. The molecule has 14 heavy (non-hydrogen) atoms. The van der Waals surface area contributed by atoms with Crippen LogP contribution in [0.3, 0.4) is 0 Å². The van der Waals surface area contributed by atoms with Gasteiger partial charge in [-0.2, -0.15) is 0 Å². The Labute approximate surface area is 81.7 Å². The van der Waals surface area contributed by atoms with Crippen LogP contribution in [0.15, 0.2) is 0 Å². The molecule has 6 nitrogen and oxygen atoms in total. The number of likely N-dealkylation sites (N-methyl/N-ethyl adjacent to an activating group) is 1. The van der Waals surface area contributed by atoms with Crippen LogP contribution in [-0.2, 0) is 4.79 Å². The highest BCUT2D eigenvalue weighted by atomic mass is 16.4. The van der Waals surface area contributed by atoms with Gasteiger partial charge in [0.25, 0.3) is 0 Å². The lowest BCUT2D eigenvalue weighted by Gasteiger charge is -2.18. The van der Waals surface area contributed by atoms with Gasteiger partial charge in [-0.3, -0.25) is 4.79 Å². The first-order chi connectivity index (χ1) is 6.50. The minimum atomic E-state index is -1.06. The van der Waals surface area contributed by atoms with Crippen LogP contribution >= 0.6 is 0 Å². The van der Waals surface area contributed by atoms with Crippen LogP contribution < -0.4 is 0 Å². The number of hydrogen-bond acceptors (Lipinski definition) is 3. The Balaban J connectivity index is 2.37. The minimum absolute atomic E-state index is 0.0927. The molecule has 1 saturated heterocycles. The topological polar surface area (TPSA) is 81.1 Å². The molecule has 0 aromatic carbocycles. The molecule has 1 atom stereocenters. The summed E-state index contributed by atoms with van der Waals surface area (Å²) in [4.78, 5) is 24.6. The highest BCUT2D eigenvalue weighted by Crippen LogP contribution is 2.07. The molecule has 1 fully saturated rings. The Hall–Kier alpha value is -1.30. The van der Waals surface area contributed by atoms with Crippen molar-refractivity contribution in [3.63, 3.8) is 0 Å². The number of aliphatic carboxylic acids is 1. The van der Waals surface area contributed by atoms with Gasteiger partial charge in [-0.15, -0.1) is 0 Å². The number of rotatable bonds is 4. The summed E-state index contributed by atoms with van der Waals surface area (Å²) in [7, 11) is 1.67. The van der Waals surface area contributed by atoms with E-state index in [-0.39, 0.29) is 19.0 Å². The first-order valence-electron chi connectivity index (χ1n) is 4.40. The number of amides is 2. The Kier molecular flexibility index (Phi) is 3.29. The minimum Gasteiger partial charge on any atom is -0.481 e. The average Bonchev–Trinajstić information content (AvgIpc) is 2.34. The number of carboxylic acids is 1. The fraction of sp³-hybridized carbons (Fsp3) is 0.750. The second-order valence-corrected chi connectivity index (χ2v) is 3.40. The number of carboxylic acid groups (broad SMARTS) is 1. The lowest BCUT2D eigenvalue weighted by atomic mass is 10.2. The van der Waals surface area contributed by atoms with Crippen molar-refractivity contribution < 1.29 is 19.8 Å². The van der Waals surface area contributed by atoms with E-state index in [0.717, 1.165) is 0 Å². The van der Waals surface area contributed by atoms with E-state index in [4.69, 9.17) is 5.11 Å². The summed E-state index contributed by atoms with van der Waals surface area (Å²) in [5.41, 5.74) is 0. The summed E-state index contributed by atoms with van der Waals surface area (Å²) < 4.78 is 0. The van der Waals surface area contributed by atoms with Crippen LogP contribution in [-0.4, -0.2) is 64.8 Å². The van der Waals surface area contributed by atoms with Gasteiger partial charge < -0.3 is 20.0 Å². The van der Waals surface area contributed by atoms with Gasteiger partial charge in [0.15, 0.2) is 0 Å². The van der Waals surface area contributed by atoms with Crippen molar-refractivity contribution in [2.75, 3.05) is 26.7 Å². The SMILES string of the molecule is CN1CCN(CC(O)CC(=O)O)C1=O. The van der Waals surface area contributed by atoms with Crippen molar-refractivity contribution >= 4 is 12.0 Å². The molecule has 2 amide bonds. The van der Waals surface area contributed by atoms with E-state index in [0.29, 0.717) is 13.1 Å². The van der Waals surface area contributed by atoms with Crippen LogP contribution in [0, 0.1) is 0 Å². The largest absolute Gasteiger partial charge is 0.481 e. The predicted octanol–water partition coefficient (Wildman–Crippen LogP) is -0.811. The first kappa shape index (κ1) is 10.8. The van der Waals surface area contributed by atoms with Crippen LogP contribution in [0.2, 0.25) is 0 Å². The zero-order chi connectivity index (χ0) is 10.7. The average molecular weight is 202 g/mol. The predicted molar refractivity (Wildman–Crippen MR) is 47.9 cm³/mol. The maximum atomic E-state index is 11.3. The molecule has 0 bridgehead atoms. The third-order valence-electron chi connectivity index (χ3n) is 2.14. The van der Waals surface area contributed by atoms with Gasteiger partial charge in [-0.25, -0.2) is 4.79 Å². The summed E-state index contributed by atoms with van der Waals surface area (Å²) in [6, 6.07) is -0.158. The molecule has 6 heteroatoms. The molecule has 1 rings (SSSR count). The molecule has 1 unspecified atom stereocenters. The van der Waals surface area contributed by atoms with E-state index in [9.17, 15) is 14.7 Å². The molecule has 80 valence electrons. The zero-order valence-electron chi connectivity index (χ0n) is 8.01. The molecule has 0 radical (unpaired) electrons. The monoisotopic (exact) mass is 202 g/mol. The lowest BCUT2D eigenvalue weighted by Crippen LogP contribution is -2.36. The fourth-order valence-electron chi connectivity index (χ4n) is 1.39. The molecular formula is C8H14N2O4. The van der Waals surface area contributed by atoms with Crippen molar-refractivity contribution in [3.8, 4) is 0 Å². The van der Waals surface area contributed by atoms with Crippen LogP contribution in [0.25, 0.3) is 0 Å². The lowest BCUT2D eigenvalue weighted by molar-refractivity contribution is -0.139. The maximum Gasteiger partial charge on any atom is 0.319 e. The molecule has 1 aliphatic rings. The number of aliphatic hydroxyl groups excluding tert-OH is 1. The van der Waals surface area contributed by atoms with Gasteiger partial charge >= 0.3 is 12.0 Å². The van der Waals surface area contributed by atoms with E-state index < -0.39 is 12.1 Å². The van der Waals surface area contributed by atoms with E-state index in [1.165, 1.54) is 9.80 Å². The van der Waals surface area contributed by atoms with Crippen molar-refractivity contribution in [2.24, 2.45) is 0 Å². The zero-order valence-corrected chi connectivity index (χ0v) is 8.01. The number of urea groups is 1. The van der Waals surface area contributed by atoms with Crippen molar-refractivity contribution in [2.45, 2.75) is 12.5 Å².